The number of hydrogen-bond acceptors (Lipinski definition) is 3. The molecule has 0 saturated carbocycles. The monoisotopic (exact) mass is 294 g/mol. The van der Waals surface area contributed by atoms with Gasteiger partial charge in [-0.05, 0) is 37.1 Å². The first kappa shape index (κ1) is 12.0. The van der Waals surface area contributed by atoms with E-state index in [0.717, 1.165) is 10.0 Å². The largest absolute Gasteiger partial charge is 0.462 e. The number of benzene rings is 1. The van der Waals surface area contributed by atoms with Gasteiger partial charge in [0.2, 0.25) is 0 Å². The van der Waals surface area contributed by atoms with Crippen molar-refractivity contribution < 1.29 is 14.3 Å². The van der Waals surface area contributed by atoms with E-state index in [-0.39, 0.29) is 18.0 Å². The molecule has 0 radical (unpaired) electrons. The number of ether oxygens (including phenoxy) is 1. The zero-order valence-electron chi connectivity index (χ0n) is 9.33. The second kappa shape index (κ2) is 4.84. The molecule has 0 spiro atoms. The van der Waals surface area contributed by atoms with Gasteiger partial charge in [-0.3, -0.25) is 4.79 Å². The zero-order chi connectivity index (χ0) is 12.4. The highest BCUT2D eigenvalue weighted by Gasteiger charge is 2.26. The Hall–Kier alpha value is -1.42. The van der Waals surface area contributed by atoms with E-state index in [1.54, 1.807) is 25.1 Å². The zero-order valence-corrected chi connectivity index (χ0v) is 10.9. The summed E-state index contributed by atoms with van der Waals surface area (Å²) in [7, 11) is 0. The van der Waals surface area contributed by atoms with Crippen molar-refractivity contribution in [2.75, 3.05) is 6.61 Å². The molecule has 3 nitrogen and oxygen atoms in total. The van der Waals surface area contributed by atoms with Crippen molar-refractivity contribution in [3.8, 4) is 0 Å². The number of ketones is 1. The Balaban J connectivity index is 2.34. The molecule has 0 fully saturated rings. The van der Waals surface area contributed by atoms with Crippen LogP contribution in [0.4, 0.5) is 0 Å². The molecule has 2 rings (SSSR count). The summed E-state index contributed by atoms with van der Waals surface area (Å²) in [5.74, 6) is -0.789. The van der Waals surface area contributed by atoms with Crippen LogP contribution in [0.3, 0.4) is 0 Å². The average Bonchev–Trinajstić information content (AvgIpc) is 2.29. The van der Waals surface area contributed by atoms with E-state index in [9.17, 15) is 9.59 Å². The molecule has 0 bridgehead atoms. The lowest BCUT2D eigenvalue weighted by Gasteiger charge is -2.15. The van der Waals surface area contributed by atoms with Gasteiger partial charge in [-0.1, -0.05) is 22.0 Å². The molecule has 0 amide bonds. The normalized spacial score (nSPS) is 14.0. The van der Waals surface area contributed by atoms with Gasteiger partial charge in [0, 0.05) is 10.0 Å². The lowest BCUT2D eigenvalue weighted by molar-refractivity contribution is -0.138. The van der Waals surface area contributed by atoms with Gasteiger partial charge in [-0.15, -0.1) is 0 Å². The smallest absolute Gasteiger partial charge is 0.341 e. The van der Waals surface area contributed by atoms with Crippen LogP contribution in [0, 0.1) is 0 Å². The summed E-state index contributed by atoms with van der Waals surface area (Å²) in [6, 6.07) is 5.42. The first-order chi connectivity index (χ1) is 8.13. The molecule has 0 heterocycles. The van der Waals surface area contributed by atoms with Crippen LogP contribution in [-0.2, 0) is 16.0 Å². The van der Waals surface area contributed by atoms with Crippen molar-refractivity contribution in [1.82, 2.24) is 0 Å². The first-order valence-corrected chi connectivity index (χ1v) is 6.13. The van der Waals surface area contributed by atoms with Gasteiger partial charge in [0.1, 0.15) is 5.57 Å². The molecule has 0 atom stereocenters. The van der Waals surface area contributed by atoms with E-state index >= 15 is 0 Å². The van der Waals surface area contributed by atoms with Crippen molar-refractivity contribution in [3.63, 3.8) is 0 Å². The molecule has 1 aromatic carbocycles. The highest BCUT2D eigenvalue weighted by Crippen LogP contribution is 2.25. The van der Waals surface area contributed by atoms with Crippen LogP contribution in [0.15, 0.2) is 34.3 Å². The third-order valence-electron chi connectivity index (χ3n) is 2.58. The number of carbonyl (C=O) groups excluding carboxylic acids is 2. The van der Waals surface area contributed by atoms with E-state index in [0.29, 0.717) is 12.0 Å². The molecule has 1 aliphatic carbocycles. The van der Waals surface area contributed by atoms with Gasteiger partial charge in [0.25, 0.3) is 0 Å². The number of rotatable bonds is 2. The summed E-state index contributed by atoms with van der Waals surface area (Å²) < 4.78 is 5.78. The average molecular weight is 295 g/mol. The van der Waals surface area contributed by atoms with Gasteiger partial charge in [-0.2, -0.15) is 0 Å². The van der Waals surface area contributed by atoms with E-state index in [2.05, 4.69) is 15.9 Å². The van der Waals surface area contributed by atoms with E-state index < -0.39 is 5.97 Å². The molecule has 0 aromatic heterocycles. The minimum absolute atomic E-state index is 0.140. The van der Waals surface area contributed by atoms with Crippen LogP contribution in [0.5, 0.6) is 0 Å². The Morgan fingerprint density at radius 2 is 2.24 bits per heavy atom. The predicted octanol–water partition coefficient (Wildman–Crippen LogP) is 2.68. The standard InChI is InChI=1S/C13H11BrO3/c1-2-17-13(16)11-5-3-8-7-9(14)4-6-10(8)12(11)15/h4-7H,2-3H2,1H3. The number of carbonyl (C=O) groups is 2. The van der Waals surface area contributed by atoms with Gasteiger partial charge in [0.15, 0.2) is 5.78 Å². The van der Waals surface area contributed by atoms with E-state index in [1.165, 1.54) is 0 Å². The van der Waals surface area contributed by atoms with Crippen molar-refractivity contribution in [2.24, 2.45) is 0 Å². The van der Waals surface area contributed by atoms with Crippen LogP contribution in [0.25, 0.3) is 0 Å². The number of esters is 1. The maximum atomic E-state index is 12.1. The maximum Gasteiger partial charge on any atom is 0.341 e. The van der Waals surface area contributed by atoms with Gasteiger partial charge in [-0.25, -0.2) is 4.79 Å². The second-order valence-corrected chi connectivity index (χ2v) is 4.59. The summed E-state index contributed by atoms with van der Waals surface area (Å²) in [5, 5.41) is 0. The Labute approximate surface area is 108 Å². The van der Waals surface area contributed by atoms with Gasteiger partial charge >= 0.3 is 5.97 Å². The summed E-state index contributed by atoms with van der Waals surface area (Å²) in [6.45, 7) is 1.99. The van der Waals surface area contributed by atoms with E-state index in [1.807, 2.05) is 6.07 Å². The fourth-order valence-electron chi connectivity index (χ4n) is 1.79. The first-order valence-electron chi connectivity index (χ1n) is 5.34. The van der Waals surface area contributed by atoms with Crippen molar-refractivity contribution in [1.29, 1.82) is 0 Å². The third-order valence-corrected chi connectivity index (χ3v) is 3.07. The van der Waals surface area contributed by atoms with Gasteiger partial charge < -0.3 is 4.74 Å². The number of hydrogen-bond donors (Lipinski definition) is 0. The minimum Gasteiger partial charge on any atom is -0.462 e. The van der Waals surface area contributed by atoms with Crippen molar-refractivity contribution in [2.45, 2.75) is 13.3 Å². The van der Waals surface area contributed by atoms with Crippen molar-refractivity contribution in [3.05, 3.63) is 45.4 Å². The summed E-state index contributed by atoms with van der Waals surface area (Å²) in [4.78, 5) is 23.6. The van der Waals surface area contributed by atoms with Crippen LogP contribution >= 0.6 is 15.9 Å². The van der Waals surface area contributed by atoms with Crippen LogP contribution in [0.1, 0.15) is 22.8 Å². The van der Waals surface area contributed by atoms with Crippen LogP contribution < -0.4 is 0 Å². The molecule has 88 valence electrons. The Bertz CT molecular complexity index is 517. The number of allylic oxidation sites excluding steroid dienone is 1. The maximum absolute atomic E-state index is 12.1. The Morgan fingerprint density at radius 1 is 1.47 bits per heavy atom. The predicted molar refractivity (Wildman–Crippen MR) is 66.9 cm³/mol. The molecule has 0 aliphatic heterocycles. The third kappa shape index (κ3) is 2.31. The summed E-state index contributed by atoms with van der Waals surface area (Å²) in [6.07, 6.45) is 2.21. The number of halogens is 1. The number of fused-ring (bicyclic) bond motifs is 1. The fraction of sp³-hybridized carbons (Fsp3) is 0.231. The second-order valence-electron chi connectivity index (χ2n) is 3.67. The molecule has 17 heavy (non-hydrogen) atoms. The topological polar surface area (TPSA) is 43.4 Å². The highest BCUT2D eigenvalue weighted by molar-refractivity contribution is 9.10. The Morgan fingerprint density at radius 3 is 2.94 bits per heavy atom. The number of Topliss-reactive ketones (excluding diaryl/α,β-unsaturated/α-hetero) is 1. The summed E-state index contributed by atoms with van der Waals surface area (Å²) in [5.41, 5.74) is 1.65. The fourth-order valence-corrected chi connectivity index (χ4v) is 2.20. The SMILES string of the molecule is CCOC(=O)C1=CCc2cc(Br)ccc2C1=O. The quantitative estimate of drug-likeness (QED) is 0.622. The highest BCUT2D eigenvalue weighted by atomic mass is 79.9. The van der Waals surface area contributed by atoms with Gasteiger partial charge in [0.05, 0.1) is 6.61 Å². The lowest BCUT2D eigenvalue weighted by Crippen LogP contribution is -2.20. The lowest BCUT2D eigenvalue weighted by atomic mass is 9.90. The minimum atomic E-state index is -0.536. The molecule has 4 heteroatoms. The molecular formula is C13H11BrO3. The molecule has 1 aliphatic rings. The Kier molecular flexibility index (Phi) is 3.43. The summed E-state index contributed by atoms with van der Waals surface area (Å²) >= 11 is 3.36. The molecule has 1 aromatic rings. The molecular weight excluding hydrogens is 284 g/mol. The van der Waals surface area contributed by atoms with Crippen LogP contribution in [-0.4, -0.2) is 18.4 Å². The van der Waals surface area contributed by atoms with Crippen molar-refractivity contribution >= 4 is 27.7 Å². The molecule has 0 N–H and O–H groups in total. The van der Waals surface area contributed by atoms with Crippen LogP contribution in [0.2, 0.25) is 0 Å². The van der Waals surface area contributed by atoms with E-state index in [4.69, 9.17) is 4.74 Å². The molecule has 0 saturated heterocycles. The molecule has 0 unspecified atom stereocenters.